The SMILES string of the molecule is O=C(Nc1cccc(-c2nnc3ccccn23)c1)c1cccnc1. The summed E-state index contributed by atoms with van der Waals surface area (Å²) >= 11 is 0. The molecule has 24 heavy (non-hydrogen) atoms. The van der Waals surface area contributed by atoms with Crippen LogP contribution in [0.2, 0.25) is 0 Å². The maximum atomic E-state index is 12.2. The van der Waals surface area contributed by atoms with Gasteiger partial charge in [0.1, 0.15) is 0 Å². The van der Waals surface area contributed by atoms with E-state index in [1.165, 1.54) is 6.20 Å². The van der Waals surface area contributed by atoms with Gasteiger partial charge in [-0.15, -0.1) is 10.2 Å². The van der Waals surface area contributed by atoms with Crippen LogP contribution in [0.4, 0.5) is 5.69 Å². The molecule has 4 rings (SSSR count). The van der Waals surface area contributed by atoms with Crippen LogP contribution in [-0.4, -0.2) is 25.5 Å². The number of nitrogens with one attached hydrogen (secondary N) is 1. The number of pyridine rings is 2. The lowest BCUT2D eigenvalue weighted by Crippen LogP contribution is -2.12. The van der Waals surface area contributed by atoms with Crippen molar-refractivity contribution in [1.29, 1.82) is 0 Å². The first-order valence-corrected chi connectivity index (χ1v) is 7.43. The summed E-state index contributed by atoms with van der Waals surface area (Å²) in [5.41, 5.74) is 2.85. The standard InChI is InChI=1S/C18H13N5O/c24-18(14-6-4-9-19-12-14)20-15-7-3-5-13(11-15)17-22-21-16-8-1-2-10-23(16)17/h1-12H,(H,20,24). The van der Waals surface area contributed by atoms with Crippen molar-refractivity contribution in [2.24, 2.45) is 0 Å². The Morgan fingerprint density at radius 1 is 1.00 bits per heavy atom. The number of aromatic nitrogens is 4. The Morgan fingerprint density at radius 3 is 2.83 bits per heavy atom. The molecule has 0 aliphatic carbocycles. The second-order valence-corrected chi connectivity index (χ2v) is 5.23. The predicted molar refractivity (Wildman–Crippen MR) is 90.6 cm³/mol. The number of nitrogens with zero attached hydrogens (tertiary/aromatic N) is 4. The molecule has 6 heteroatoms. The first-order valence-electron chi connectivity index (χ1n) is 7.43. The average Bonchev–Trinajstić information content (AvgIpc) is 3.07. The summed E-state index contributed by atoms with van der Waals surface area (Å²) in [6, 6.07) is 16.7. The fourth-order valence-corrected chi connectivity index (χ4v) is 2.47. The summed E-state index contributed by atoms with van der Waals surface area (Å²) in [5.74, 6) is 0.523. The average molecular weight is 315 g/mol. The molecule has 1 N–H and O–H groups in total. The molecule has 0 radical (unpaired) electrons. The van der Waals surface area contributed by atoms with Gasteiger partial charge in [-0.2, -0.15) is 0 Å². The molecule has 0 spiro atoms. The van der Waals surface area contributed by atoms with Crippen molar-refractivity contribution in [2.45, 2.75) is 0 Å². The van der Waals surface area contributed by atoms with Gasteiger partial charge in [0.15, 0.2) is 11.5 Å². The van der Waals surface area contributed by atoms with Gasteiger partial charge in [0.25, 0.3) is 5.91 Å². The largest absolute Gasteiger partial charge is 0.322 e. The number of benzene rings is 1. The topological polar surface area (TPSA) is 72.2 Å². The van der Waals surface area contributed by atoms with Crippen LogP contribution in [0, 0.1) is 0 Å². The molecule has 6 nitrogen and oxygen atoms in total. The summed E-state index contributed by atoms with van der Waals surface area (Å²) < 4.78 is 1.90. The van der Waals surface area contributed by atoms with E-state index >= 15 is 0 Å². The van der Waals surface area contributed by atoms with Crippen LogP contribution in [-0.2, 0) is 0 Å². The summed E-state index contributed by atoms with van der Waals surface area (Å²) in [6.07, 6.45) is 5.07. The summed E-state index contributed by atoms with van der Waals surface area (Å²) in [7, 11) is 0. The van der Waals surface area contributed by atoms with Gasteiger partial charge < -0.3 is 5.32 Å². The summed E-state index contributed by atoms with van der Waals surface area (Å²) in [5, 5.41) is 11.3. The Balaban J connectivity index is 1.66. The first kappa shape index (κ1) is 14.1. The number of rotatable bonds is 3. The quantitative estimate of drug-likeness (QED) is 0.631. The van der Waals surface area contributed by atoms with E-state index in [1.54, 1.807) is 18.3 Å². The van der Waals surface area contributed by atoms with Gasteiger partial charge in [0, 0.05) is 29.8 Å². The number of hydrogen-bond donors (Lipinski definition) is 1. The van der Waals surface area contributed by atoms with Crippen LogP contribution in [0.15, 0.2) is 73.2 Å². The molecule has 3 heterocycles. The van der Waals surface area contributed by atoms with Crippen LogP contribution < -0.4 is 5.32 Å². The van der Waals surface area contributed by atoms with Gasteiger partial charge in [-0.1, -0.05) is 18.2 Å². The van der Waals surface area contributed by atoms with Crippen molar-refractivity contribution in [3.8, 4) is 11.4 Å². The monoisotopic (exact) mass is 315 g/mol. The van der Waals surface area contributed by atoms with Crippen molar-refractivity contribution in [2.75, 3.05) is 5.32 Å². The second-order valence-electron chi connectivity index (χ2n) is 5.23. The number of hydrogen-bond acceptors (Lipinski definition) is 4. The predicted octanol–water partition coefficient (Wildman–Crippen LogP) is 3.04. The zero-order chi connectivity index (χ0) is 16.4. The fraction of sp³-hybridized carbons (Fsp3) is 0. The summed E-state index contributed by atoms with van der Waals surface area (Å²) in [4.78, 5) is 16.2. The van der Waals surface area contributed by atoms with E-state index in [0.717, 1.165) is 17.0 Å². The van der Waals surface area contributed by atoms with E-state index < -0.39 is 0 Å². The number of carbonyl (C=O) groups is 1. The zero-order valence-electron chi connectivity index (χ0n) is 12.6. The highest BCUT2D eigenvalue weighted by Crippen LogP contribution is 2.22. The Hall–Kier alpha value is -3.54. The van der Waals surface area contributed by atoms with Crippen LogP contribution in [0.25, 0.3) is 17.0 Å². The van der Waals surface area contributed by atoms with Crippen molar-refractivity contribution in [1.82, 2.24) is 19.6 Å². The highest BCUT2D eigenvalue weighted by Gasteiger charge is 2.10. The lowest BCUT2D eigenvalue weighted by molar-refractivity contribution is 0.102. The van der Waals surface area contributed by atoms with E-state index in [1.807, 2.05) is 53.1 Å². The Kier molecular flexibility index (Phi) is 3.47. The minimum absolute atomic E-state index is 0.202. The zero-order valence-corrected chi connectivity index (χ0v) is 12.6. The van der Waals surface area contributed by atoms with Crippen molar-refractivity contribution in [3.05, 3.63) is 78.8 Å². The van der Waals surface area contributed by atoms with E-state index in [0.29, 0.717) is 11.3 Å². The molecule has 3 aromatic heterocycles. The molecule has 0 saturated heterocycles. The fourth-order valence-electron chi connectivity index (χ4n) is 2.47. The number of anilines is 1. The third kappa shape index (κ3) is 2.61. The normalized spacial score (nSPS) is 10.7. The minimum atomic E-state index is -0.202. The first-order chi connectivity index (χ1) is 11.8. The third-order valence-corrected chi connectivity index (χ3v) is 3.62. The highest BCUT2D eigenvalue weighted by molar-refractivity contribution is 6.04. The van der Waals surface area contributed by atoms with Crippen molar-refractivity contribution >= 4 is 17.2 Å². The van der Waals surface area contributed by atoms with Gasteiger partial charge in [-0.25, -0.2) is 0 Å². The highest BCUT2D eigenvalue weighted by atomic mass is 16.1. The number of carbonyl (C=O) groups excluding carboxylic acids is 1. The minimum Gasteiger partial charge on any atom is -0.322 e. The molecular weight excluding hydrogens is 302 g/mol. The Morgan fingerprint density at radius 2 is 1.96 bits per heavy atom. The molecule has 1 aromatic carbocycles. The maximum Gasteiger partial charge on any atom is 0.257 e. The van der Waals surface area contributed by atoms with E-state index in [4.69, 9.17) is 0 Å². The van der Waals surface area contributed by atoms with E-state index in [2.05, 4.69) is 20.5 Å². The van der Waals surface area contributed by atoms with Gasteiger partial charge in [-0.05, 0) is 36.4 Å². The second kappa shape index (κ2) is 5.92. The Bertz CT molecular complexity index is 1010. The number of fused-ring (bicyclic) bond motifs is 1. The maximum absolute atomic E-state index is 12.2. The number of amides is 1. The molecule has 0 aliphatic heterocycles. The molecule has 116 valence electrons. The van der Waals surface area contributed by atoms with Gasteiger partial charge in [0.05, 0.1) is 5.56 Å². The smallest absolute Gasteiger partial charge is 0.257 e. The molecule has 0 aliphatic rings. The molecule has 0 fully saturated rings. The van der Waals surface area contributed by atoms with Crippen LogP contribution in [0.1, 0.15) is 10.4 Å². The van der Waals surface area contributed by atoms with Crippen LogP contribution in [0.3, 0.4) is 0 Å². The van der Waals surface area contributed by atoms with Crippen molar-refractivity contribution in [3.63, 3.8) is 0 Å². The van der Waals surface area contributed by atoms with E-state index in [-0.39, 0.29) is 5.91 Å². The van der Waals surface area contributed by atoms with Crippen LogP contribution in [0.5, 0.6) is 0 Å². The molecule has 0 unspecified atom stereocenters. The van der Waals surface area contributed by atoms with Gasteiger partial charge in [-0.3, -0.25) is 14.2 Å². The lowest BCUT2D eigenvalue weighted by Gasteiger charge is -2.07. The molecule has 0 bridgehead atoms. The third-order valence-electron chi connectivity index (χ3n) is 3.62. The Labute approximate surface area is 137 Å². The molecule has 0 saturated carbocycles. The van der Waals surface area contributed by atoms with E-state index in [9.17, 15) is 4.79 Å². The van der Waals surface area contributed by atoms with Crippen molar-refractivity contribution < 1.29 is 4.79 Å². The summed E-state index contributed by atoms with van der Waals surface area (Å²) in [6.45, 7) is 0. The molecular formula is C18H13N5O. The molecule has 4 aromatic rings. The van der Waals surface area contributed by atoms with Gasteiger partial charge >= 0.3 is 0 Å². The molecule has 0 atom stereocenters. The van der Waals surface area contributed by atoms with Gasteiger partial charge in [0.2, 0.25) is 0 Å². The van der Waals surface area contributed by atoms with Crippen LogP contribution >= 0.6 is 0 Å². The molecule has 1 amide bonds. The lowest BCUT2D eigenvalue weighted by atomic mass is 10.1.